The van der Waals surface area contributed by atoms with Gasteiger partial charge in [0.1, 0.15) is 11.4 Å². The summed E-state index contributed by atoms with van der Waals surface area (Å²) in [7, 11) is 5.06. The third kappa shape index (κ3) is 3.50. The highest BCUT2D eigenvalue weighted by atomic mass is 32.1. The fourth-order valence-electron chi connectivity index (χ4n) is 2.50. The molecule has 0 atom stereocenters. The van der Waals surface area contributed by atoms with Gasteiger partial charge in [-0.15, -0.1) is 11.3 Å². The number of halogens is 3. The summed E-state index contributed by atoms with van der Waals surface area (Å²) in [4.78, 5) is 15.5. The molecule has 2 aromatic heterocycles. The second-order valence-electron chi connectivity index (χ2n) is 5.97. The van der Waals surface area contributed by atoms with E-state index in [9.17, 15) is 18.0 Å². The Labute approximate surface area is 152 Å². The number of aromatic nitrogens is 2. The molecule has 1 aromatic carbocycles. The number of alkyl halides is 3. The van der Waals surface area contributed by atoms with Gasteiger partial charge in [0.2, 0.25) is 5.78 Å². The van der Waals surface area contributed by atoms with Crippen LogP contribution in [0.15, 0.2) is 42.5 Å². The number of rotatable bonds is 4. The Morgan fingerprint density at radius 1 is 1.12 bits per heavy atom. The van der Waals surface area contributed by atoms with Crippen molar-refractivity contribution in [1.29, 1.82) is 0 Å². The predicted octanol–water partition coefficient (Wildman–Crippen LogP) is 4.46. The molecule has 0 aliphatic rings. The minimum Gasteiger partial charge on any atom is -0.378 e. The van der Waals surface area contributed by atoms with Crippen LogP contribution in [0.25, 0.3) is 10.6 Å². The number of hydrogen-bond donors (Lipinski definition) is 0. The van der Waals surface area contributed by atoms with E-state index in [0.717, 1.165) is 27.8 Å². The van der Waals surface area contributed by atoms with E-state index in [4.69, 9.17) is 0 Å². The number of benzene rings is 1. The molecule has 3 rings (SSSR count). The zero-order valence-electron chi connectivity index (χ0n) is 14.3. The van der Waals surface area contributed by atoms with Gasteiger partial charge < -0.3 is 4.90 Å². The SMILES string of the molecule is CN(C)c1ccc(C(=O)c2ccc(-c3cc(C(F)(F)F)n(C)n3)s2)cc1. The van der Waals surface area contributed by atoms with Crippen molar-refractivity contribution in [2.75, 3.05) is 19.0 Å². The van der Waals surface area contributed by atoms with Crippen LogP contribution in [0.4, 0.5) is 18.9 Å². The van der Waals surface area contributed by atoms with E-state index >= 15 is 0 Å². The predicted molar refractivity (Wildman–Crippen MR) is 95.7 cm³/mol. The van der Waals surface area contributed by atoms with Crippen LogP contribution in [0.1, 0.15) is 20.9 Å². The Morgan fingerprint density at radius 3 is 2.31 bits per heavy atom. The molecule has 3 aromatic rings. The third-order valence-corrected chi connectivity index (χ3v) is 5.00. The zero-order chi connectivity index (χ0) is 19.1. The topological polar surface area (TPSA) is 38.1 Å². The summed E-state index contributed by atoms with van der Waals surface area (Å²) in [6.45, 7) is 0. The summed E-state index contributed by atoms with van der Waals surface area (Å²) in [5, 5.41) is 3.91. The molecule has 0 bridgehead atoms. The molecule has 0 unspecified atom stereocenters. The highest BCUT2D eigenvalue weighted by Crippen LogP contribution is 2.34. The molecule has 2 heterocycles. The van der Waals surface area contributed by atoms with Crippen molar-refractivity contribution in [3.63, 3.8) is 0 Å². The van der Waals surface area contributed by atoms with Gasteiger partial charge >= 0.3 is 6.18 Å². The molecule has 0 radical (unpaired) electrons. The van der Waals surface area contributed by atoms with Crippen LogP contribution in [0.5, 0.6) is 0 Å². The van der Waals surface area contributed by atoms with Gasteiger partial charge in [-0.05, 0) is 42.5 Å². The van der Waals surface area contributed by atoms with Gasteiger partial charge in [-0.3, -0.25) is 9.48 Å². The number of nitrogens with zero attached hydrogens (tertiary/aromatic N) is 3. The number of anilines is 1. The van der Waals surface area contributed by atoms with Crippen LogP contribution in [0.3, 0.4) is 0 Å². The maximum Gasteiger partial charge on any atom is 0.433 e. The molecule has 0 amide bonds. The number of ketones is 1. The molecule has 136 valence electrons. The summed E-state index contributed by atoms with van der Waals surface area (Å²) in [5.74, 6) is -0.168. The molecule has 0 aliphatic heterocycles. The summed E-state index contributed by atoms with van der Waals surface area (Å²) in [6, 6.07) is 11.4. The van der Waals surface area contributed by atoms with Crippen molar-refractivity contribution < 1.29 is 18.0 Å². The molecule has 0 saturated heterocycles. The maximum atomic E-state index is 12.9. The van der Waals surface area contributed by atoms with Crippen molar-refractivity contribution in [1.82, 2.24) is 9.78 Å². The highest BCUT2D eigenvalue weighted by molar-refractivity contribution is 7.17. The Balaban J connectivity index is 1.87. The summed E-state index contributed by atoms with van der Waals surface area (Å²) < 4.78 is 39.5. The molecule has 0 saturated carbocycles. The molecule has 0 N–H and O–H groups in total. The Morgan fingerprint density at radius 2 is 1.77 bits per heavy atom. The van der Waals surface area contributed by atoms with Gasteiger partial charge in [-0.1, -0.05) is 0 Å². The fraction of sp³-hybridized carbons (Fsp3) is 0.222. The first-order valence-electron chi connectivity index (χ1n) is 7.70. The average molecular weight is 379 g/mol. The summed E-state index contributed by atoms with van der Waals surface area (Å²) >= 11 is 1.13. The molecular weight excluding hydrogens is 363 g/mol. The standard InChI is InChI=1S/C18H16F3N3OS/c1-23(2)12-6-4-11(5-7-12)17(25)15-9-8-14(26-15)13-10-16(18(19,20)21)24(3)22-13/h4-10H,1-3H3. The van der Waals surface area contributed by atoms with E-state index in [2.05, 4.69) is 5.10 Å². The average Bonchev–Trinajstić information content (AvgIpc) is 3.20. The lowest BCUT2D eigenvalue weighted by atomic mass is 10.1. The van der Waals surface area contributed by atoms with Crippen LogP contribution >= 0.6 is 11.3 Å². The van der Waals surface area contributed by atoms with Crippen molar-refractivity contribution in [3.8, 4) is 10.6 Å². The van der Waals surface area contributed by atoms with E-state index in [1.807, 2.05) is 31.1 Å². The molecule has 4 nitrogen and oxygen atoms in total. The van der Waals surface area contributed by atoms with E-state index in [-0.39, 0.29) is 11.5 Å². The molecular formula is C18H16F3N3OS. The first kappa shape index (κ1) is 18.2. The largest absolute Gasteiger partial charge is 0.433 e. The summed E-state index contributed by atoms with van der Waals surface area (Å²) in [5.41, 5.74) is 0.877. The van der Waals surface area contributed by atoms with E-state index in [1.165, 1.54) is 7.05 Å². The van der Waals surface area contributed by atoms with Crippen LogP contribution in [0, 0.1) is 0 Å². The van der Waals surface area contributed by atoms with E-state index in [0.29, 0.717) is 15.3 Å². The van der Waals surface area contributed by atoms with Gasteiger partial charge in [-0.2, -0.15) is 18.3 Å². The van der Waals surface area contributed by atoms with E-state index in [1.54, 1.807) is 24.3 Å². The molecule has 26 heavy (non-hydrogen) atoms. The minimum atomic E-state index is -4.47. The van der Waals surface area contributed by atoms with Crippen LogP contribution in [0.2, 0.25) is 0 Å². The smallest absolute Gasteiger partial charge is 0.378 e. The number of hydrogen-bond acceptors (Lipinski definition) is 4. The minimum absolute atomic E-state index is 0.168. The lowest BCUT2D eigenvalue weighted by Crippen LogP contribution is -2.11. The highest BCUT2D eigenvalue weighted by Gasteiger charge is 2.35. The van der Waals surface area contributed by atoms with Crippen LogP contribution < -0.4 is 4.90 Å². The van der Waals surface area contributed by atoms with Gasteiger partial charge in [-0.25, -0.2) is 0 Å². The van der Waals surface area contributed by atoms with Crippen LogP contribution in [-0.4, -0.2) is 29.7 Å². The molecule has 0 aliphatic carbocycles. The fourth-order valence-corrected chi connectivity index (χ4v) is 3.43. The van der Waals surface area contributed by atoms with Crippen molar-refractivity contribution in [3.05, 3.63) is 58.6 Å². The third-order valence-electron chi connectivity index (χ3n) is 3.90. The Hall–Kier alpha value is -2.61. The molecule has 0 fully saturated rings. The molecule has 8 heteroatoms. The quantitative estimate of drug-likeness (QED) is 0.628. The zero-order valence-corrected chi connectivity index (χ0v) is 15.1. The van der Waals surface area contributed by atoms with Crippen molar-refractivity contribution in [2.24, 2.45) is 7.05 Å². The van der Waals surface area contributed by atoms with Crippen LogP contribution in [-0.2, 0) is 13.2 Å². The lowest BCUT2D eigenvalue weighted by molar-refractivity contribution is -0.143. The number of carbonyl (C=O) groups is 1. The Bertz CT molecular complexity index is 939. The first-order valence-corrected chi connectivity index (χ1v) is 8.52. The Kier molecular flexibility index (Phi) is 4.62. The lowest BCUT2D eigenvalue weighted by Gasteiger charge is -2.12. The maximum absolute atomic E-state index is 12.9. The normalized spacial score (nSPS) is 11.6. The number of aryl methyl sites for hydroxylation is 1. The van der Waals surface area contributed by atoms with Crippen molar-refractivity contribution >= 4 is 22.8 Å². The monoisotopic (exact) mass is 379 g/mol. The van der Waals surface area contributed by atoms with Gasteiger partial charge in [0.15, 0.2) is 0 Å². The second-order valence-corrected chi connectivity index (χ2v) is 7.05. The van der Waals surface area contributed by atoms with Crippen molar-refractivity contribution in [2.45, 2.75) is 6.18 Å². The van der Waals surface area contributed by atoms with Gasteiger partial charge in [0.05, 0.1) is 9.75 Å². The number of carbonyl (C=O) groups excluding carboxylic acids is 1. The number of thiophene rings is 1. The second kappa shape index (κ2) is 6.60. The molecule has 0 spiro atoms. The van der Waals surface area contributed by atoms with Gasteiger partial charge in [0, 0.05) is 32.4 Å². The first-order chi connectivity index (χ1) is 12.2. The van der Waals surface area contributed by atoms with Gasteiger partial charge in [0.25, 0.3) is 0 Å². The summed E-state index contributed by atoms with van der Waals surface area (Å²) in [6.07, 6.45) is -4.47. The van der Waals surface area contributed by atoms with E-state index < -0.39 is 11.9 Å².